The molecule has 1 aliphatic rings. The summed E-state index contributed by atoms with van der Waals surface area (Å²) in [6.07, 6.45) is 3.33. The Bertz CT molecular complexity index is 188. The van der Waals surface area contributed by atoms with Crippen LogP contribution in [0.4, 0.5) is 0 Å². The van der Waals surface area contributed by atoms with E-state index in [1.165, 1.54) is 0 Å². The molecule has 1 N–H and O–H groups in total. The summed E-state index contributed by atoms with van der Waals surface area (Å²) < 4.78 is 5.07. The smallest absolute Gasteiger partial charge is 0.320 e. The van der Waals surface area contributed by atoms with Crippen molar-refractivity contribution in [2.75, 3.05) is 26.2 Å². The van der Waals surface area contributed by atoms with Crippen molar-refractivity contribution >= 4 is 5.97 Å². The first-order chi connectivity index (χ1) is 7.22. The van der Waals surface area contributed by atoms with Gasteiger partial charge in [-0.15, -0.1) is 0 Å². The zero-order valence-electron chi connectivity index (χ0n) is 9.45. The average Bonchev–Trinajstić information content (AvgIpc) is 2.22. The second-order valence-corrected chi connectivity index (χ2v) is 4.08. The van der Waals surface area contributed by atoms with Crippen LogP contribution in [0.2, 0.25) is 0 Å². The van der Waals surface area contributed by atoms with Gasteiger partial charge in [-0.1, -0.05) is 13.3 Å². The first kappa shape index (κ1) is 12.5. The van der Waals surface area contributed by atoms with Crippen LogP contribution >= 0.6 is 0 Å². The van der Waals surface area contributed by atoms with Gasteiger partial charge >= 0.3 is 5.97 Å². The fraction of sp³-hybridized carbons (Fsp3) is 0.909. The maximum atomic E-state index is 11.3. The molecular weight excluding hydrogens is 194 g/mol. The first-order valence-corrected chi connectivity index (χ1v) is 5.78. The maximum absolute atomic E-state index is 11.3. The second-order valence-electron chi connectivity index (χ2n) is 4.08. The molecule has 0 saturated carbocycles. The van der Waals surface area contributed by atoms with Crippen LogP contribution in [-0.4, -0.2) is 48.3 Å². The number of likely N-dealkylation sites (tertiary alicyclic amines) is 1. The Morgan fingerprint density at radius 1 is 1.47 bits per heavy atom. The molecule has 0 radical (unpaired) electrons. The summed E-state index contributed by atoms with van der Waals surface area (Å²) in [6, 6.07) is 0. The van der Waals surface area contributed by atoms with E-state index in [1.54, 1.807) is 0 Å². The molecule has 0 atom stereocenters. The number of nitrogens with zero attached hydrogens (tertiary/aromatic N) is 1. The number of esters is 1. The topological polar surface area (TPSA) is 49.8 Å². The van der Waals surface area contributed by atoms with Crippen LogP contribution in [0.25, 0.3) is 0 Å². The van der Waals surface area contributed by atoms with Crippen molar-refractivity contribution in [3.8, 4) is 0 Å². The molecule has 0 unspecified atom stereocenters. The van der Waals surface area contributed by atoms with E-state index in [2.05, 4.69) is 6.92 Å². The van der Waals surface area contributed by atoms with Crippen molar-refractivity contribution in [1.29, 1.82) is 0 Å². The number of piperidine rings is 1. The monoisotopic (exact) mass is 215 g/mol. The molecule has 15 heavy (non-hydrogen) atoms. The largest absolute Gasteiger partial charge is 0.465 e. The number of carbonyl (C=O) groups is 1. The van der Waals surface area contributed by atoms with Crippen LogP contribution in [0.1, 0.15) is 32.6 Å². The standard InChI is InChI=1S/C11H21NO3/c1-2-3-8-15-11(14)9-12-6-4-10(13)5-7-12/h10,13H,2-9H2,1H3. The van der Waals surface area contributed by atoms with E-state index in [9.17, 15) is 9.90 Å². The van der Waals surface area contributed by atoms with Gasteiger partial charge < -0.3 is 9.84 Å². The Morgan fingerprint density at radius 2 is 2.13 bits per heavy atom. The number of aliphatic hydroxyl groups excluding tert-OH is 1. The summed E-state index contributed by atoms with van der Waals surface area (Å²) in [5.74, 6) is -0.139. The molecule has 1 rings (SSSR count). The number of hydrogen-bond acceptors (Lipinski definition) is 4. The van der Waals surface area contributed by atoms with Gasteiger partial charge in [-0.25, -0.2) is 0 Å². The number of ether oxygens (including phenoxy) is 1. The highest BCUT2D eigenvalue weighted by molar-refractivity contribution is 5.71. The molecule has 0 bridgehead atoms. The molecule has 0 aromatic rings. The molecule has 0 spiro atoms. The second kappa shape index (κ2) is 6.80. The molecule has 1 saturated heterocycles. The highest BCUT2D eigenvalue weighted by Crippen LogP contribution is 2.09. The van der Waals surface area contributed by atoms with Crippen LogP contribution in [0.15, 0.2) is 0 Å². The summed E-state index contributed by atoms with van der Waals surface area (Å²) in [5, 5.41) is 9.29. The molecule has 0 aromatic heterocycles. The summed E-state index contributed by atoms with van der Waals surface area (Å²) in [5.41, 5.74) is 0. The number of rotatable bonds is 5. The Balaban J connectivity index is 2.09. The normalized spacial score (nSPS) is 19.1. The molecular formula is C11H21NO3. The van der Waals surface area contributed by atoms with Crippen molar-refractivity contribution in [1.82, 2.24) is 4.90 Å². The van der Waals surface area contributed by atoms with Crippen LogP contribution in [0, 0.1) is 0 Å². The third kappa shape index (κ3) is 5.14. The number of hydrogen-bond donors (Lipinski definition) is 1. The van der Waals surface area contributed by atoms with Gasteiger partial charge in [0.2, 0.25) is 0 Å². The molecule has 1 fully saturated rings. The summed E-state index contributed by atoms with van der Waals surface area (Å²) >= 11 is 0. The lowest BCUT2D eigenvalue weighted by atomic mass is 10.1. The number of unbranched alkanes of at least 4 members (excludes halogenated alkanes) is 1. The van der Waals surface area contributed by atoms with Gasteiger partial charge in [-0.2, -0.15) is 0 Å². The van der Waals surface area contributed by atoms with Crippen molar-refractivity contribution in [3.63, 3.8) is 0 Å². The maximum Gasteiger partial charge on any atom is 0.320 e. The first-order valence-electron chi connectivity index (χ1n) is 5.78. The van der Waals surface area contributed by atoms with Gasteiger partial charge in [0.25, 0.3) is 0 Å². The lowest BCUT2D eigenvalue weighted by molar-refractivity contribution is -0.145. The van der Waals surface area contributed by atoms with Crippen LogP contribution < -0.4 is 0 Å². The Kier molecular flexibility index (Phi) is 5.65. The van der Waals surface area contributed by atoms with E-state index >= 15 is 0 Å². The molecule has 0 aromatic carbocycles. The fourth-order valence-electron chi connectivity index (χ4n) is 1.64. The summed E-state index contributed by atoms with van der Waals surface area (Å²) in [7, 11) is 0. The van der Waals surface area contributed by atoms with Crippen molar-refractivity contribution in [3.05, 3.63) is 0 Å². The molecule has 88 valence electrons. The van der Waals surface area contributed by atoms with Gasteiger partial charge in [0.05, 0.1) is 19.3 Å². The highest BCUT2D eigenvalue weighted by atomic mass is 16.5. The predicted octanol–water partition coefficient (Wildman–Crippen LogP) is 0.786. The zero-order chi connectivity index (χ0) is 11.1. The molecule has 1 heterocycles. The predicted molar refractivity (Wildman–Crippen MR) is 57.5 cm³/mol. The van der Waals surface area contributed by atoms with E-state index in [0.29, 0.717) is 13.2 Å². The summed E-state index contributed by atoms with van der Waals surface area (Å²) in [4.78, 5) is 13.4. The summed E-state index contributed by atoms with van der Waals surface area (Å²) in [6.45, 7) is 4.57. The Labute approximate surface area is 91.2 Å². The lowest BCUT2D eigenvalue weighted by Gasteiger charge is -2.28. The van der Waals surface area contributed by atoms with Gasteiger partial charge in [0.15, 0.2) is 0 Å². The average molecular weight is 215 g/mol. The quantitative estimate of drug-likeness (QED) is 0.544. The van der Waals surface area contributed by atoms with Crippen molar-refractivity contribution < 1.29 is 14.6 Å². The van der Waals surface area contributed by atoms with E-state index in [4.69, 9.17) is 4.74 Å². The fourth-order valence-corrected chi connectivity index (χ4v) is 1.64. The van der Waals surface area contributed by atoms with Gasteiger partial charge in [0, 0.05) is 13.1 Å². The van der Waals surface area contributed by atoms with Gasteiger partial charge in [0.1, 0.15) is 0 Å². The van der Waals surface area contributed by atoms with Crippen LogP contribution in [-0.2, 0) is 9.53 Å². The molecule has 1 aliphatic heterocycles. The van der Waals surface area contributed by atoms with Crippen LogP contribution in [0.3, 0.4) is 0 Å². The molecule has 4 heteroatoms. The van der Waals surface area contributed by atoms with Gasteiger partial charge in [-0.05, 0) is 19.3 Å². The number of aliphatic hydroxyl groups is 1. The SMILES string of the molecule is CCCCOC(=O)CN1CCC(O)CC1. The highest BCUT2D eigenvalue weighted by Gasteiger charge is 2.19. The van der Waals surface area contributed by atoms with E-state index in [0.717, 1.165) is 38.8 Å². The Morgan fingerprint density at radius 3 is 2.73 bits per heavy atom. The minimum Gasteiger partial charge on any atom is -0.465 e. The van der Waals surface area contributed by atoms with Crippen LogP contribution in [0.5, 0.6) is 0 Å². The molecule has 0 aliphatic carbocycles. The lowest BCUT2D eigenvalue weighted by Crippen LogP contribution is -2.39. The third-order valence-electron chi connectivity index (χ3n) is 2.67. The number of carbonyl (C=O) groups excluding carboxylic acids is 1. The van der Waals surface area contributed by atoms with E-state index in [1.807, 2.05) is 4.90 Å². The van der Waals surface area contributed by atoms with Gasteiger partial charge in [-0.3, -0.25) is 9.69 Å². The molecule has 4 nitrogen and oxygen atoms in total. The molecule has 0 amide bonds. The van der Waals surface area contributed by atoms with E-state index in [-0.39, 0.29) is 12.1 Å². The third-order valence-corrected chi connectivity index (χ3v) is 2.67. The minimum absolute atomic E-state index is 0.139. The zero-order valence-corrected chi connectivity index (χ0v) is 9.45. The Hall–Kier alpha value is -0.610. The van der Waals surface area contributed by atoms with Crippen molar-refractivity contribution in [2.45, 2.75) is 38.7 Å². The van der Waals surface area contributed by atoms with Crippen molar-refractivity contribution in [2.24, 2.45) is 0 Å². The minimum atomic E-state index is -0.183. The van der Waals surface area contributed by atoms with E-state index < -0.39 is 0 Å².